The Balaban J connectivity index is 1.51. The Labute approximate surface area is 138 Å². The summed E-state index contributed by atoms with van der Waals surface area (Å²) in [5.74, 6) is 0. The standard InChI is InChI=1S/C19H26N4/c1-15-13-19(7-10-20-15)22-18-5-3-16(4-6-18)14-21-17-8-11-23(2)12-9-17/h3-7,10,13,17,21H,8-9,11-12,14H2,1-2H3,(H,20,22). The Hall–Kier alpha value is -1.91. The molecule has 2 heterocycles. The quantitative estimate of drug-likeness (QED) is 0.889. The zero-order valence-electron chi connectivity index (χ0n) is 14.0. The molecule has 0 radical (unpaired) electrons. The molecule has 1 aliphatic rings. The van der Waals surface area contributed by atoms with Crippen LogP contribution in [0, 0.1) is 6.92 Å². The van der Waals surface area contributed by atoms with Crippen molar-refractivity contribution >= 4 is 11.4 Å². The van der Waals surface area contributed by atoms with Gasteiger partial charge >= 0.3 is 0 Å². The van der Waals surface area contributed by atoms with E-state index < -0.39 is 0 Å². The lowest BCUT2D eigenvalue weighted by molar-refractivity contribution is 0.234. The van der Waals surface area contributed by atoms with Gasteiger partial charge in [0.05, 0.1) is 0 Å². The van der Waals surface area contributed by atoms with E-state index in [1.54, 1.807) is 0 Å². The van der Waals surface area contributed by atoms with E-state index in [9.17, 15) is 0 Å². The molecule has 1 aromatic heterocycles. The zero-order valence-corrected chi connectivity index (χ0v) is 14.0. The average Bonchev–Trinajstić information content (AvgIpc) is 2.56. The maximum atomic E-state index is 4.22. The zero-order chi connectivity index (χ0) is 16.1. The minimum atomic E-state index is 0.656. The lowest BCUT2D eigenvalue weighted by Crippen LogP contribution is -2.40. The minimum Gasteiger partial charge on any atom is -0.355 e. The molecule has 1 saturated heterocycles. The van der Waals surface area contributed by atoms with Crippen molar-refractivity contribution in [2.45, 2.75) is 32.4 Å². The van der Waals surface area contributed by atoms with Crippen molar-refractivity contribution in [1.29, 1.82) is 0 Å². The number of piperidine rings is 1. The Kier molecular flexibility index (Phi) is 5.26. The summed E-state index contributed by atoms with van der Waals surface area (Å²) in [4.78, 5) is 6.62. The van der Waals surface area contributed by atoms with Crippen LogP contribution in [0.15, 0.2) is 42.6 Å². The first-order chi connectivity index (χ1) is 11.2. The maximum Gasteiger partial charge on any atom is 0.0417 e. The molecule has 122 valence electrons. The molecule has 0 bridgehead atoms. The molecular formula is C19H26N4. The fraction of sp³-hybridized carbons (Fsp3) is 0.421. The predicted octanol–water partition coefficient (Wildman–Crippen LogP) is 3.32. The van der Waals surface area contributed by atoms with Crippen LogP contribution in [0.3, 0.4) is 0 Å². The third-order valence-corrected chi connectivity index (χ3v) is 4.45. The summed E-state index contributed by atoms with van der Waals surface area (Å²) in [7, 11) is 2.20. The van der Waals surface area contributed by atoms with Gasteiger partial charge in [-0.3, -0.25) is 4.98 Å². The van der Waals surface area contributed by atoms with E-state index in [4.69, 9.17) is 0 Å². The highest BCUT2D eigenvalue weighted by Gasteiger charge is 2.15. The van der Waals surface area contributed by atoms with Gasteiger partial charge in [0.1, 0.15) is 0 Å². The highest BCUT2D eigenvalue weighted by atomic mass is 15.1. The molecule has 1 aromatic carbocycles. The van der Waals surface area contributed by atoms with Gasteiger partial charge in [-0.25, -0.2) is 0 Å². The van der Waals surface area contributed by atoms with Gasteiger partial charge in [-0.1, -0.05) is 12.1 Å². The van der Waals surface area contributed by atoms with E-state index in [0.717, 1.165) is 23.6 Å². The number of likely N-dealkylation sites (tertiary alicyclic amines) is 1. The number of rotatable bonds is 5. The summed E-state index contributed by atoms with van der Waals surface area (Å²) in [5.41, 5.74) is 4.54. The van der Waals surface area contributed by atoms with E-state index in [-0.39, 0.29) is 0 Å². The van der Waals surface area contributed by atoms with Gasteiger partial charge in [0.25, 0.3) is 0 Å². The summed E-state index contributed by atoms with van der Waals surface area (Å²) < 4.78 is 0. The van der Waals surface area contributed by atoms with Crippen LogP contribution in [0.4, 0.5) is 11.4 Å². The van der Waals surface area contributed by atoms with Gasteiger partial charge in [-0.2, -0.15) is 0 Å². The van der Waals surface area contributed by atoms with Gasteiger partial charge in [0, 0.05) is 35.9 Å². The SMILES string of the molecule is Cc1cc(Nc2ccc(CNC3CCN(C)CC3)cc2)ccn1. The van der Waals surface area contributed by atoms with Crippen LogP contribution < -0.4 is 10.6 Å². The molecule has 2 N–H and O–H groups in total. The number of hydrogen-bond acceptors (Lipinski definition) is 4. The Bertz CT molecular complexity index is 616. The van der Waals surface area contributed by atoms with Crippen LogP contribution >= 0.6 is 0 Å². The molecule has 4 nitrogen and oxygen atoms in total. The first-order valence-electron chi connectivity index (χ1n) is 8.39. The first kappa shape index (κ1) is 16.0. The molecule has 0 aliphatic carbocycles. The first-order valence-corrected chi connectivity index (χ1v) is 8.39. The van der Waals surface area contributed by atoms with Gasteiger partial charge < -0.3 is 15.5 Å². The van der Waals surface area contributed by atoms with Crippen molar-refractivity contribution < 1.29 is 0 Å². The van der Waals surface area contributed by atoms with Crippen LogP contribution in [-0.4, -0.2) is 36.1 Å². The molecule has 0 saturated carbocycles. The van der Waals surface area contributed by atoms with E-state index in [1.807, 2.05) is 19.2 Å². The van der Waals surface area contributed by atoms with E-state index in [2.05, 4.69) is 57.9 Å². The van der Waals surface area contributed by atoms with Crippen LogP contribution in [0.1, 0.15) is 24.1 Å². The molecule has 2 aromatic rings. The smallest absolute Gasteiger partial charge is 0.0417 e. The minimum absolute atomic E-state index is 0.656. The highest BCUT2D eigenvalue weighted by molar-refractivity contribution is 5.59. The number of hydrogen-bond donors (Lipinski definition) is 2. The molecule has 4 heteroatoms. The number of benzene rings is 1. The van der Waals surface area contributed by atoms with Gasteiger partial charge in [-0.05, 0) is 69.7 Å². The highest BCUT2D eigenvalue weighted by Crippen LogP contribution is 2.17. The van der Waals surface area contributed by atoms with Gasteiger partial charge in [0.15, 0.2) is 0 Å². The summed E-state index contributed by atoms with van der Waals surface area (Å²) in [6, 6.07) is 13.4. The van der Waals surface area contributed by atoms with E-state index in [1.165, 1.54) is 31.5 Å². The fourth-order valence-electron chi connectivity index (χ4n) is 2.97. The van der Waals surface area contributed by atoms with Crippen molar-refractivity contribution in [2.75, 3.05) is 25.5 Å². The molecule has 23 heavy (non-hydrogen) atoms. The summed E-state index contributed by atoms with van der Waals surface area (Å²) in [5, 5.41) is 7.10. The van der Waals surface area contributed by atoms with Crippen molar-refractivity contribution in [3.05, 3.63) is 53.9 Å². The number of anilines is 2. The summed E-state index contributed by atoms with van der Waals surface area (Å²) >= 11 is 0. The Morgan fingerprint density at radius 2 is 1.83 bits per heavy atom. The Morgan fingerprint density at radius 3 is 2.52 bits per heavy atom. The van der Waals surface area contributed by atoms with Crippen LogP contribution in [-0.2, 0) is 6.54 Å². The third-order valence-electron chi connectivity index (χ3n) is 4.45. The maximum absolute atomic E-state index is 4.22. The second-order valence-corrected chi connectivity index (χ2v) is 6.47. The number of pyridine rings is 1. The molecular weight excluding hydrogens is 284 g/mol. The topological polar surface area (TPSA) is 40.2 Å². The van der Waals surface area contributed by atoms with Gasteiger partial charge in [0.2, 0.25) is 0 Å². The molecule has 0 amide bonds. The van der Waals surface area contributed by atoms with E-state index >= 15 is 0 Å². The molecule has 0 unspecified atom stereocenters. The Morgan fingerprint density at radius 1 is 1.09 bits per heavy atom. The van der Waals surface area contributed by atoms with Gasteiger partial charge in [-0.15, -0.1) is 0 Å². The number of aromatic nitrogens is 1. The molecule has 0 atom stereocenters. The lowest BCUT2D eigenvalue weighted by Gasteiger charge is -2.29. The predicted molar refractivity (Wildman–Crippen MR) is 96.1 cm³/mol. The monoisotopic (exact) mass is 310 g/mol. The lowest BCUT2D eigenvalue weighted by atomic mass is 10.1. The number of aryl methyl sites for hydroxylation is 1. The van der Waals surface area contributed by atoms with Crippen molar-refractivity contribution in [3.8, 4) is 0 Å². The second-order valence-electron chi connectivity index (χ2n) is 6.47. The van der Waals surface area contributed by atoms with Crippen LogP contribution in [0.5, 0.6) is 0 Å². The normalized spacial score (nSPS) is 16.4. The number of nitrogens with zero attached hydrogens (tertiary/aromatic N) is 2. The van der Waals surface area contributed by atoms with Crippen LogP contribution in [0.2, 0.25) is 0 Å². The van der Waals surface area contributed by atoms with Crippen LogP contribution in [0.25, 0.3) is 0 Å². The van der Waals surface area contributed by atoms with E-state index in [0.29, 0.717) is 6.04 Å². The molecule has 1 fully saturated rings. The van der Waals surface area contributed by atoms with Crippen molar-refractivity contribution in [3.63, 3.8) is 0 Å². The summed E-state index contributed by atoms with van der Waals surface area (Å²) in [6.07, 6.45) is 4.33. The second kappa shape index (κ2) is 7.57. The van der Waals surface area contributed by atoms with Crippen molar-refractivity contribution in [2.24, 2.45) is 0 Å². The molecule has 1 aliphatic heterocycles. The molecule has 0 spiro atoms. The average molecular weight is 310 g/mol. The largest absolute Gasteiger partial charge is 0.355 e. The fourth-order valence-corrected chi connectivity index (χ4v) is 2.97. The third kappa shape index (κ3) is 4.78. The van der Waals surface area contributed by atoms with Crippen molar-refractivity contribution in [1.82, 2.24) is 15.2 Å². The summed E-state index contributed by atoms with van der Waals surface area (Å²) in [6.45, 7) is 5.35. The number of nitrogens with one attached hydrogen (secondary N) is 2. The molecule has 3 rings (SSSR count).